The number of imidazole rings is 1. The highest BCUT2D eigenvalue weighted by atomic mass is 19.1. The summed E-state index contributed by atoms with van der Waals surface area (Å²) >= 11 is 0. The molecule has 1 fully saturated rings. The third-order valence-electron chi connectivity index (χ3n) is 4.09. The van der Waals surface area contributed by atoms with E-state index in [9.17, 15) is 9.18 Å². The van der Waals surface area contributed by atoms with E-state index in [1.807, 2.05) is 10.8 Å². The Morgan fingerprint density at radius 2 is 2.27 bits per heavy atom. The lowest BCUT2D eigenvalue weighted by Gasteiger charge is -2.11. The maximum absolute atomic E-state index is 14.1. The van der Waals surface area contributed by atoms with Gasteiger partial charge >= 0.3 is 5.97 Å². The maximum atomic E-state index is 14.1. The van der Waals surface area contributed by atoms with Crippen LogP contribution in [0.5, 0.6) is 5.75 Å². The number of esters is 1. The molecule has 0 N–H and O–H groups in total. The number of fused-ring (bicyclic) bond motifs is 3. The third-order valence-corrected chi connectivity index (χ3v) is 4.09. The lowest BCUT2D eigenvalue weighted by atomic mass is 10.1. The van der Waals surface area contributed by atoms with Gasteiger partial charge in [0.1, 0.15) is 17.4 Å². The standard InChI is InChI=1S/C16H15FN2O3/c1-21-16(20)10-6-13-14(7-11(10)17)22-5-4-15-18-12(8-19(13)15)9-2-3-9/h6-9H,2-5H2,1H3. The second kappa shape index (κ2) is 4.83. The molecule has 2 heterocycles. The van der Waals surface area contributed by atoms with Crippen LogP contribution >= 0.6 is 0 Å². The fourth-order valence-electron chi connectivity index (χ4n) is 2.77. The number of hydrogen-bond donors (Lipinski definition) is 0. The number of aromatic nitrogens is 2. The van der Waals surface area contributed by atoms with Crippen molar-refractivity contribution >= 4 is 5.97 Å². The van der Waals surface area contributed by atoms with Gasteiger partial charge in [0, 0.05) is 24.6 Å². The van der Waals surface area contributed by atoms with Gasteiger partial charge in [-0.2, -0.15) is 0 Å². The summed E-state index contributed by atoms with van der Waals surface area (Å²) in [4.78, 5) is 16.4. The molecule has 6 heteroatoms. The van der Waals surface area contributed by atoms with E-state index in [0.29, 0.717) is 30.4 Å². The normalized spacial score (nSPS) is 16.3. The molecule has 0 unspecified atom stereocenters. The average molecular weight is 302 g/mol. The molecule has 0 spiro atoms. The van der Waals surface area contributed by atoms with Crippen molar-refractivity contribution in [3.63, 3.8) is 0 Å². The first-order chi connectivity index (χ1) is 10.7. The van der Waals surface area contributed by atoms with Crippen molar-refractivity contribution in [3.8, 4) is 11.4 Å². The summed E-state index contributed by atoms with van der Waals surface area (Å²) in [5, 5.41) is 0. The van der Waals surface area contributed by atoms with E-state index in [1.54, 1.807) is 0 Å². The summed E-state index contributed by atoms with van der Waals surface area (Å²) in [7, 11) is 1.23. The molecular formula is C16H15FN2O3. The number of hydrogen-bond acceptors (Lipinski definition) is 4. The van der Waals surface area contributed by atoms with E-state index in [4.69, 9.17) is 4.74 Å². The first-order valence-corrected chi connectivity index (χ1v) is 7.30. The first-order valence-electron chi connectivity index (χ1n) is 7.30. The van der Waals surface area contributed by atoms with Gasteiger partial charge in [0.05, 0.1) is 30.7 Å². The van der Waals surface area contributed by atoms with Crippen molar-refractivity contribution in [1.82, 2.24) is 9.55 Å². The summed E-state index contributed by atoms with van der Waals surface area (Å²) in [6.45, 7) is 0.436. The van der Waals surface area contributed by atoms with Crippen LogP contribution < -0.4 is 4.74 Å². The quantitative estimate of drug-likeness (QED) is 0.800. The highest BCUT2D eigenvalue weighted by Gasteiger charge is 2.29. The molecule has 0 amide bonds. The molecule has 0 atom stereocenters. The summed E-state index contributed by atoms with van der Waals surface area (Å²) in [5.74, 6) is 0.487. The summed E-state index contributed by atoms with van der Waals surface area (Å²) < 4.78 is 26.2. The first kappa shape index (κ1) is 13.3. The fourth-order valence-corrected chi connectivity index (χ4v) is 2.77. The Morgan fingerprint density at radius 1 is 1.45 bits per heavy atom. The van der Waals surface area contributed by atoms with Crippen LogP contribution in [-0.2, 0) is 11.2 Å². The summed E-state index contributed by atoms with van der Waals surface area (Å²) in [6, 6.07) is 2.72. The molecule has 5 nitrogen and oxygen atoms in total. The highest BCUT2D eigenvalue weighted by Crippen LogP contribution is 2.40. The molecule has 1 aromatic heterocycles. The highest BCUT2D eigenvalue weighted by molar-refractivity contribution is 5.90. The van der Waals surface area contributed by atoms with E-state index in [-0.39, 0.29) is 5.56 Å². The van der Waals surface area contributed by atoms with Crippen LogP contribution in [0.15, 0.2) is 18.3 Å². The zero-order chi connectivity index (χ0) is 15.3. The lowest BCUT2D eigenvalue weighted by Crippen LogP contribution is -2.07. The molecule has 22 heavy (non-hydrogen) atoms. The zero-order valence-corrected chi connectivity index (χ0v) is 12.1. The number of nitrogens with zero attached hydrogens (tertiary/aromatic N) is 2. The van der Waals surface area contributed by atoms with Crippen molar-refractivity contribution in [1.29, 1.82) is 0 Å². The summed E-state index contributed by atoms with van der Waals surface area (Å²) in [6.07, 6.45) is 4.95. The number of benzene rings is 1. The lowest BCUT2D eigenvalue weighted by molar-refractivity contribution is 0.0595. The minimum atomic E-state index is -0.700. The molecule has 0 bridgehead atoms. The molecule has 0 saturated heterocycles. The number of ether oxygens (including phenoxy) is 2. The second-order valence-corrected chi connectivity index (χ2v) is 5.62. The molecule has 2 aliphatic rings. The van der Waals surface area contributed by atoms with E-state index in [2.05, 4.69) is 9.72 Å². The largest absolute Gasteiger partial charge is 0.491 e. The fraction of sp³-hybridized carbons (Fsp3) is 0.375. The molecule has 114 valence electrons. The van der Waals surface area contributed by atoms with E-state index in [0.717, 1.165) is 24.4 Å². The van der Waals surface area contributed by atoms with Crippen LogP contribution in [0.25, 0.3) is 5.69 Å². The van der Waals surface area contributed by atoms with Gasteiger partial charge in [0.25, 0.3) is 0 Å². The van der Waals surface area contributed by atoms with Gasteiger partial charge in [0.15, 0.2) is 0 Å². The molecule has 4 rings (SSSR count). The Morgan fingerprint density at radius 3 is 3.00 bits per heavy atom. The van der Waals surface area contributed by atoms with E-state index >= 15 is 0 Å². The predicted octanol–water partition coefficient (Wildman–Crippen LogP) is 2.61. The monoisotopic (exact) mass is 302 g/mol. The zero-order valence-electron chi connectivity index (χ0n) is 12.1. The van der Waals surface area contributed by atoms with Gasteiger partial charge in [-0.05, 0) is 18.9 Å². The smallest absolute Gasteiger partial charge is 0.340 e. The van der Waals surface area contributed by atoms with Crippen LogP contribution in [0.3, 0.4) is 0 Å². The van der Waals surface area contributed by atoms with E-state index in [1.165, 1.54) is 19.2 Å². The Hall–Kier alpha value is -2.37. The van der Waals surface area contributed by atoms with Gasteiger partial charge in [-0.25, -0.2) is 14.2 Å². The van der Waals surface area contributed by atoms with Crippen LogP contribution in [0, 0.1) is 5.82 Å². The Labute approximate surface area is 126 Å². The minimum Gasteiger partial charge on any atom is -0.491 e. The number of carbonyl (C=O) groups is 1. The van der Waals surface area contributed by atoms with E-state index < -0.39 is 11.8 Å². The number of methoxy groups -OCH3 is 1. The maximum Gasteiger partial charge on any atom is 0.340 e. The van der Waals surface area contributed by atoms with Crippen molar-refractivity contribution in [3.05, 3.63) is 41.2 Å². The molecule has 2 aromatic rings. The molecule has 0 radical (unpaired) electrons. The van der Waals surface area contributed by atoms with Crippen LogP contribution in [0.4, 0.5) is 4.39 Å². The van der Waals surface area contributed by atoms with Crippen molar-refractivity contribution in [2.24, 2.45) is 0 Å². The van der Waals surface area contributed by atoms with Gasteiger partial charge < -0.3 is 9.47 Å². The second-order valence-electron chi connectivity index (χ2n) is 5.62. The Kier molecular flexibility index (Phi) is 2.92. The predicted molar refractivity (Wildman–Crippen MR) is 76.0 cm³/mol. The van der Waals surface area contributed by atoms with Crippen molar-refractivity contribution in [2.45, 2.75) is 25.2 Å². The van der Waals surface area contributed by atoms with Gasteiger partial charge in [-0.1, -0.05) is 0 Å². The number of rotatable bonds is 2. The van der Waals surface area contributed by atoms with Crippen molar-refractivity contribution in [2.75, 3.05) is 13.7 Å². The molecule has 1 saturated carbocycles. The van der Waals surface area contributed by atoms with Crippen LogP contribution in [-0.4, -0.2) is 29.2 Å². The van der Waals surface area contributed by atoms with Gasteiger partial charge in [0.2, 0.25) is 0 Å². The summed E-state index contributed by atoms with van der Waals surface area (Å²) in [5.41, 5.74) is 1.60. The Bertz CT molecular complexity index is 765. The average Bonchev–Trinajstić information content (AvgIpc) is 3.30. The number of halogens is 1. The molecule has 1 aliphatic carbocycles. The minimum absolute atomic E-state index is 0.0978. The van der Waals surface area contributed by atoms with Gasteiger partial charge in [-0.3, -0.25) is 4.57 Å². The molecular weight excluding hydrogens is 287 g/mol. The van der Waals surface area contributed by atoms with Crippen molar-refractivity contribution < 1.29 is 18.7 Å². The molecule has 1 aromatic carbocycles. The SMILES string of the molecule is COC(=O)c1cc2c(cc1F)OCCc1nc(C3CC3)cn1-2. The van der Waals surface area contributed by atoms with Crippen LogP contribution in [0.1, 0.15) is 40.6 Å². The van der Waals surface area contributed by atoms with Gasteiger partial charge in [-0.15, -0.1) is 0 Å². The van der Waals surface area contributed by atoms with Crippen LogP contribution in [0.2, 0.25) is 0 Å². The molecule has 1 aliphatic heterocycles. The third kappa shape index (κ3) is 2.06. The number of carbonyl (C=O) groups excluding carboxylic acids is 1. The Balaban J connectivity index is 1.88. The topological polar surface area (TPSA) is 53.4 Å².